The Morgan fingerprint density at radius 3 is 2.40 bits per heavy atom. The number of hydrogen-bond donors (Lipinski definition) is 1. The lowest BCUT2D eigenvalue weighted by atomic mass is 9.75. The summed E-state index contributed by atoms with van der Waals surface area (Å²) in [6.45, 7) is 2.18. The van der Waals surface area contributed by atoms with Crippen LogP contribution in [0.4, 0.5) is 4.79 Å². The van der Waals surface area contributed by atoms with Gasteiger partial charge < -0.3 is 9.47 Å². The number of imide groups is 2. The minimum absolute atomic E-state index is 0.0139. The molecule has 1 aromatic heterocycles. The smallest absolute Gasteiger partial charge is 0.312 e. The number of hydrogen-bond acceptors (Lipinski definition) is 5. The number of urea groups is 1. The van der Waals surface area contributed by atoms with Crippen molar-refractivity contribution in [2.75, 3.05) is 19.6 Å². The van der Waals surface area contributed by atoms with Gasteiger partial charge in [-0.25, -0.2) is 4.79 Å². The van der Waals surface area contributed by atoms with Crippen molar-refractivity contribution in [3.05, 3.63) is 118 Å². The van der Waals surface area contributed by atoms with Crippen LogP contribution in [0.2, 0.25) is 0 Å². The Balaban J connectivity index is 1.28. The van der Waals surface area contributed by atoms with Crippen molar-refractivity contribution >= 4 is 28.6 Å². The van der Waals surface area contributed by atoms with Crippen LogP contribution >= 0.6 is 0 Å². The Kier molecular flexibility index (Phi) is 6.50. The molecule has 2 fully saturated rings. The molecule has 0 aliphatic carbocycles. The van der Waals surface area contributed by atoms with Crippen LogP contribution in [0.3, 0.4) is 0 Å². The van der Waals surface area contributed by atoms with Crippen LogP contribution in [0.1, 0.15) is 29.2 Å². The molecule has 2 bridgehead atoms. The van der Waals surface area contributed by atoms with Crippen molar-refractivity contribution in [1.29, 1.82) is 0 Å². The van der Waals surface area contributed by atoms with Crippen LogP contribution in [-0.2, 0) is 29.1 Å². The van der Waals surface area contributed by atoms with Gasteiger partial charge in [-0.2, -0.15) is 0 Å². The standard InChI is InChI=1S/C34H32N4O4/c39-30-15-7-14-29-27-16-24(20-37(29)30)18-36(21-27)22-34(17-26-12-6-11-25-10-4-5-13-28(25)26)31(40)35-33(42)38(32(34)41)19-23-8-2-1-3-9-23/h1-15,24,27H,16-22H2,(H,35,40,42)/t24-,27-,34+/m0/s1. The molecule has 4 heterocycles. The van der Waals surface area contributed by atoms with Gasteiger partial charge in [0.05, 0.1) is 6.54 Å². The summed E-state index contributed by atoms with van der Waals surface area (Å²) in [5.41, 5.74) is 1.21. The van der Waals surface area contributed by atoms with E-state index in [0.717, 1.165) is 34.0 Å². The highest BCUT2D eigenvalue weighted by Gasteiger charge is 2.55. The largest absolute Gasteiger partial charge is 0.331 e. The van der Waals surface area contributed by atoms with Crippen molar-refractivity contribution in [2.45, 2.75) is 31.8 Å². The van der Waals surface area contributed by atoms with Gasteiger partial charge in [-0.05, 0) is 46.7 Å². The quantitative estimate of drug-likeness (QED) is 0.361. The van der Waals surface area contributed by atoms with Crippen LogP contribution < -0.4 is 10.9 Å². The Labute approximate surface area is 243 Å². The van der Waals surface area contributed by atoms with Crippen LogP contribution in [0, 0.1) is 11.3 Å². The predicted octanol–water partition coefficient (Wildman–Crippen LogP) is 3.93. The Morgan fingerprint density at radius 2 is 1.55 bits per heavy atom. The maximum Gasteiger partial charge on any atom is 0.331 e. The Bertz CT molecular complexity index is 1760. The minimum atomic E-state index is -1.51. The molecule has 8 heteroatoms. The lowest BCUT2D eigenvalue weighted by molar-refractivity contribution is -0.154. The van der Waals surface area contributed by atoms with Crippen molar-refractivity contribution < 1.29 is 14.4 Å². The summed E-state index contributed by atoms with van der Waals surface area (Å²) in [7, 11) is 0. The lowest BCUT2D eigenvalue weighted by Gasteiger charge is -2.47. The maximum absolute atomic E-state index is 14.5. The van der Waals surface area contributed by atoms with Crippen molar-refractivity contribution in [2.24, 2.45) is 11.3 Å². The molecule has 3 aliphatic heterocycles. The number of piperidine rings is 1. The third-order valence-corrected chi connectivity index (χ3v) is 9.16. The molecule has 3 aromatic carbocycles. The monoisotopic (exact) mass is 560 g/mol. The van der Waals surface area contributed by atoms with Crippen molar-refractivity contribution in [3.63, 3.8) is 0 Å². The fraction of sp³-hybridized carbons (Fsp3) is 0.294. The van der Waals surface area contributed by atoms with Crippen LogP contribution in [0.15, 0.2) is 95.8 Å². The molecule has 4 aromatic rings. The first-order valence-electron chi connectivity index (χ1n) is 14.5. The zero-order valence-corrected chi connectivity index (χ0v) is 23.2. The van der Waals surface area contributed by atoms with E-state index < -0.39 is 23.3 Å². The number of nitrogens with zero attached hydrogens (tertiary/aromatic N) is 3. The summed E-state index contributed by atoms with van der Waals surface area (Å²) in [5, 5.41) is 4.57. The zero-order chi connectivity index (χ0) is 28.8. The molecule has 3 aliphatic rings. The SMILES string of the molecule is O=C1NC(=O)[C@@](Cc2cccc3ccccc23)(CN2C[C@@H]3C[C@@H](C2)c2cccc(=O)n2C3)C(=O)N1Cc1ccccc1. The molecule has 4 amide bonds. The summed E-state index contributed by atoms with van der Waals surface area (Å²) in [6, 6.07) is 28.0. The predicted molar refractivity (Wildman–Crippen MR) is 159 cm³/mol. The van der Waals surface area contributed by atoms with Crippen LogP contribution in [0.5, 0.6) is 0 Å². The highest BCUT2D eigenvalue weighted by molar-refractivity contribution is 6.19. The molecule has 2 saturated heterocycles. The first-order valence-corrected chi connectivity index (χ1v) is 14.5. The van der Waals surface area contributed by atoms with Gasteiger partial charge in [-0.15, -0.1) is 0 Å². The van der Waals surface area contributed by atoms with E-state index in [1.54, 1.807) is 12.1 Å². The maximum atomic E-state index is 14.5. The number of benzene rings is 3. The summed E-state index contributed by atoms with van der Waals surface area (Å²) < 4.78 is 1.88. The average molecular weight is 561 g/mol. The molecule has 0 saturated carbocycles. The number of barbiturate groups is 1. The first kappa shape index (κ1) is 26.3. The third kappa shape index (κ3) is 4.52. The number of aromatic nitrogens is 1. The molecular weight excluding hydrogens is 528 g/mol. The number of nitrogens with one attached hydrogen (secondary N) is 1. The molecule has 3 atom stereocenters. The second-order valence-electron chi connectivity index (χ2n) is 11.9. The van der Waals surface area contributed by atoms with Gasteiger partial charge in [0.25, 0.3) is 5.56 Å². The zero-order valence-electron chi connectivity index (χ0n) is 23.2. The van der Waals surface area contributed by atoms with Gasteiger partial charge in [0, 0.05) is 43.9 Å². The van der Waals surface area contributed by atoms with Gasteiger partial charge in [-0.1, -0.05) is 78.9 Å². The van der Waals surface area contributed by atoms with E-state index in [4.69, 9.17) is 0 Å². The summed E-state index contributed by atoms with van der Waals surface area (Å²) in [5.74, 6) is -0.665. The Hall–Kier alpha value is -4.56. The summed E-state index contributed by atoms with van der Waals surface area (Å²) >= 11 is 0. The third-order valence-electron chi connectivity index (χ3n) is 9.16. The highest BCUT2D eigenvalue weighted by Crippen LogP contribution is 2.39. The number of amides is 4. The second-order valence-corrected chi connectivity index (χ2v) is 11.9. The van der Waals surface area contributed by atoms with Gasteiger partial charge in [0.1, 0.15) is 5.41 Å². The number of pyridine rings is 1. The highest BCUT2D eigenvalue weighted by atomic mass is 16.2. The van der Waals surface area contributed by atoms with Crippen molar-refractivity contribution in [3.8, 4) is 0 Å². The molecule has 8 nitrogen and oxygen atoms in total. The number of fused-ring (bicyclic) bond motifs is 5. The number of carbonyl (C=O) groups excluding carboxylic acids is 3. The van der Waals surface area contributed by atoms with Gasteiger partial charge in [-0.3, -0.25) is 24.6 Å². The van der Waals surface area contributed by atoms with E-state index in [1.807, 2.05) is 83.4 Å². The number of rotatable bonds is 6. The molecular formula is C34H32N4O4. The molecule has 42 heavy (non-hydrogen) atoms. The molecule has 0 radical (unpaired) electrons. The van der Waals surface area contributed by atoms with Crippen LogP contribution in [0.25, 0.3) is 10.8 Å². The average Bonchev–Trinajstić information content (AvgIpc) is 2.99. The van der Waals surface area contributed by atoms with E-state index in [9.17, 15) is 19.2 Å². The van der Waals surface area contributed by atoms with E-state index in [0.29, 0.717) is 19.6 Å². The molecule has 0 unspecified atom stereocenters. The Morgan fingerprint density at radius 1 is 0.786 bits per heavy atom. The fourth-order valence-electron chi connectivity index (χ4n) is 7.27. The van der Waals surface area contributed by atoms with E-state index >= 15 is 0 Å². The topological polar surface area (TPSA) is 91.7 Å². The molecule has 212 valence electrons. The first-order chi connectivity index (χ1) is 20.4. The molecule has 7 rings (SSSR count). The summed E-state index contributed by atoms with van der Waals surface area (Å²) in [6.07, 6.45) is 1.13. The van der Waals surface area contributed by atoms with E-state index in [1.165, 1.54) is 4.90 Å². The molecule has 1 N–H and O–H groups in total. The van der Waals surface area contributed by atoms with Gasteiger partial charge >= 0.3 is 6.03 Å². The lowest BCUT2D eigenvalue weighted by Crippen LogP contribution is -2.67. The van der Waals surface area contributed by atoms with E-state index in [2.05, 4.69) is 10.2 Å². The van der Waals surface area contributed by atoms with Gasteiger partial charge in [0.2, 0.25) is 11.8 Å². The number of carbonyl (C=O) groups is 3. The van der Waals surface area contributed by atoms with Crippen LogP contribution in [-0.4, -0.2) is 51.8 Å². The van der Waals surface area contributed by atoms with Crippen molar-refractivity contribution in [1.82, 2.24) is 19.7 Å². The molecule has 0 spiro atoms. The fourth-order valence-corrected chi connectivity index (χ4v) is 7.27. The van der Waals surface area contributed by atoms with E-state index in [-0.39, 0.29) is 36.9 Å². The number of likely N-dealkylation sites (tertiary alicyclic amines) is 1. The second kappa shape index (κ2) is 10.4. The summed E-state index contributed by atoms with van der Waals surface area (Å²) in [4.78, 5) is 57.6. The minimum Gasteiger partial charge on any atom is -0.312 e. The van der Waals surface area contributed by atoms with Gasteiger partial charge in [0.15, 0.2) is 0 Å². The normalized spacial score (nSPS) is 24.0.